The molecule has 0 N–H and O–H groups in total. The van der Waals surface area contributed by atoms with Crippen LogP contribution in [0, 0.1) is 11.8 Å². The zero-order chi connectivity index (χ0) is 18.9. The minimum atomic E-state index is -4.54. The molecule has 0 radical (unpaired) electrons. The summed E-state index contributed by atoms with van der Waals surface area (Å²) < 4.78 is 39.7. The number of halogens is 6. The second-order valence-electron chi connectivity index (χ2n) is 5.19. The van der Waals surface area contributed by atoms with E-state index >= 15 is 0 Å². The van der Waals surface area contributed by atoms with E-state index in [0.29, 0.717) is 10.7 Å². The lowest BCUT2D eigenvalue weighted by atomic mass is 10.2. The third kappa shape index (κ3) is 4.16. The Kier molecular flexibility index (Phi) is 5.19. The minimum absolute atomic E-state index is 0.154. The fourth-order valence-electron chi connectivity index (χ4n) is 2.13. The number of benzene rings is 2. The van der Waals surface area contributed by atoms with Gasteiger partial charge in [0.05, 0.1) is 15.6 Å². The molecule has 26 heavy (non-hydrogen) atoms. The van der Waals surface area contributed by atoms with Crippen LogP contribution in [-0.2, 0) is 6.18 Å². The molecule has 0 spiro atoms. The van der Waals surface area contributed by atoms with Gasteiger partial charge in [-0.25, -0.2) is 4.68 Å². The normalized spacial score (nSPS) is 11.2. The van der Waals surface area contributed by atoms with Crippen LogP contribution >= 0.6 is 34.8 Å². The maximum absolute atomic E-state index is 12.8. The molecule has 0 amide bonds. The molecule has 0 unspecified atom stereocenters. The van der Waals surface area contributed by atoms with E-state index in [9.17, 15) is 13.2 Å². The Morgan fingerprint density at radius 2 is 1.50 bits per heavy atom. The summed E-state index contributed by atoms with van der Waals surface area (Å²) in [6, 6.07) is 10.2. The number of hydrogen-bond donors (Lipinski definition) is 0. The summed E-state index contributed by atoms with van der Waals surface area (Å²) in [5, 5.41) is 4.47. The van der Waals surface area contributed by atoms with Crippen molar-refractivity contribution in [2.45, 2.75) is 6.18 Å². The van der Waals surface area contributed by atoms with Crippen molar-refractivity contribution >= 4 is 34.8 Å². The van der Waals surface area contributed by atoms with Crippen LogP contribution < -0.4 is 0 Å². The summed E-state index contributed by atoms with van der Waals surface area (Å²) in [4.78, 5) is 0. The molecule has 8 heteroatoms. The van der Waals surface area contributed by atoms with Crippen LogP contribution in [0.5, 0.6) is 0 Å². The van der Waals surface area contributed by atoms with Crippen LogP contribution in [0.1, 0.15) is 16.8 Å². The molecule has 0 aliphatic carbocycles. The molecule has 0 atom stereocenters. The topological polar surface area (TPSA) is 17.8 Å². The highest BCUT2D eigenvalue weighted by atomic mass is 35.5. The summed E-state index contributed by atoms with van der Waals surface area (Å²) in [5.74, 6) is 5.77. The van der Waals surface area contributed by atoms with E-state index in [4.69, 9.17) is 34.8 Å². The lowest BCUT2D eigenvalue weighted by molar-refractivity contribution is -0.137. The Labute approximate surface area is 162 Å². The van der Waals surface area contributed by atoms with Crippen molar-refractivity contribution in [3.05, 3.63) is 80.6 Å². The molecule has 0 fully saturated rings. The van der Waals surface area contributed by atoms with Gasteiger partial charge in [0.1, 0.15) is 11.4 Å². The van der Waals surface area contributed by atoms with Gasteiger partial charge in [0.25, 0.3) is 0 Å². The van der Waals surface area contributed by atoms with Crippen LogP contribution in [0.2, 0.25) is 15.1 Å². The van der Waals surface area contributed by atoms with E-state index < -0.39 is 11.7 Å². The van der Waals surface area contributed by atoms with Crippen LogP contribution in [0.15, 0.2) is 48.7 Å². The number of hydrogen-bond acceptors (Lipinski definition) is 1. The number of alkyl halides is 3. The van der Waals surface area contributed by atoms with Crippen LogP contribution in [0.4, 0.5) is 13.2 Å². The SMILES string of the molecule is FC(F)(F)c1cc(Cl)c(-n2ccc(C#Cc3ccc(Cl)cc3)n2)c(Cl)c1. The Morgan fingerprint density at radius 3 is 2.08 bits per heavy atom. The van der Waals surface area contributed by atoms with Crippen molar-refractivity contribution in [3.63, 3.8) is 0 Å². The molecular formula is C18H8Cl3F3N2. The highest BCUT2D eigenvalue weighted by Gasteiger charge is 2.32. The summed E-state index contributed by atoms with van der Waals surface area (Å²) in [6.45, 7) is 0. The monoisotopic (exact) mass is 414 g/mol. The van der Waals surface area contributed by atoms with Gasteiger partial charge in [0.2, 0.25) is 0 Å². The van der Waals surface area contributed by atoms with Crippen molar-refractivity contribution in [1.82, 2.24) is 9.78 Å². The molecule has 0 saturated heterocycles. The molecule has 0 aliphatic rings. The van der Waals surface area contributed by atoms with E-state index in [1.54, 1.807) is 30.3 Å². The highest BCUT2D eigenvalue weighted by Crippen LogP contribution is 2.37. The molecule has 2 aromatic carbocycles. The largest absolute Gasteiger partial charge is 0.416 e. The van der Waals surface area contributed by atoms with E-state index in [2.05, 4.69) is 16.9 Å². The lowest BCUT2D eigenvalue weighted by Crippen LogP contribution is -2.07. The van der Waals surface area contributed by atoms with Gasteiger partial charge >= 0.3 is 6.18 Å². The third-order valence-corrected chi connectivity index (χ3v) is 4.17. The van der Waals surface area contributed by atoms with Crippen LogP contribution in [-0.4, -0.2) is 9.78 Å². The van der Waals surface area contributed by atoms with E-state index in [1.165, 1.54) is 10.9 Å². The van der Waals surface area contributed by atoms with Gasteiger partial charge in [-0.3, -0.25) is 0 Å². The first-order valence-electron chi connectivity index (χ1n) is 7.14. The number of rotatable bonds is 1. The maximum Gasteiger partial charge on any atom is 0.416 e. The predicted molar refractivity (Wildman–Crippen MR) is 96.0 cm³/mol. The number of nitrogens with zero attached hydrogens (tertiary/aromatic N) is 2. The van der Waals surface area contributed by atoms with Crippen molar-refractivity contribution < 1.29 is 13.2 Å². The second-order valence-corrected chi connectivity index (χ2v) is 6.44. The predicted octanol–water partition coefficient (Wildman–Crippen LogP) is 6.25. The molecule has 0 saturated carbocycles. The van der Waals surface area contributed by atoms with E-state index in [1.807, 2.05) is 0 Å². The fourth-order valence-corrected chi connectivity index (χ4v) is 2.92. The van der Waals surface area contributed by atoms with Gasteiger partial charge in [0.15, 0.2) is 0 Å². The molecule has 0 bridgehead atoms. The average Bonchev–Trinajstić information content (AvgIpc) is 3.01. The van der Waals surface area contributed by atoms with Crippen LogP contribution in [0.3, 0.4) is 0 Å². The summed E-state index contributed by atoms with van der Waals surface area (Å²) in [7, 11) is 0. The molecule has 0 aliphatic heterocycles. The maximum atomic E-state index is 12.8. The van der Waals surface area contributed by atoms with Crippen molar-refractivity contribution in [2.75, 3.05) is 0 Å². The third-order valence-electron chi connectivity index (χ3n) is 3.34. The first kappa shape index (κ1) is 18.7. The first-order valence-corrected chi connectivity index (χ1v) is 8.27. The standard InChI is InChI=1S/C18H8Cl3F3N2/c19-13-4-1-11(2-5-13)3-6-14-7-8-26(25-14)17-15(20)9-12(10-16(17)21)18(22,23)24/h1-2,4-5,7-10H. The van der Waals surface area contributed by atoms with Crippen LogP contribution in [0.25, 0.3) is 5.69 Å². The van der Waals surface area contributed by atoms with E-state index in [-0.39, 0.29) is 15.7 Å². The molecule has 2 nitrogen and oxygen atoms in total. The zero-order valence-corrected chi connectivity index (χ0v) is 15.0. The van der Waals surface area contributed by atoms with E-state index in [0.717, 1.165) is 17.7 Å². The molecule has 1 aromatic heterocycles. The quantitative estimate of drug-likeness (QED) is 0.429. The van der Waals surface area contributed by atoms with Crippen molar-refractivity contribution in [3.8, 4) is 17.5 Å². The first-order chi connectivity index (χ1) is 12.2. The Balaban J connectivity index is 1.92. The number of aromatic nitrogens is 2. The van der Waals surface area contributed by atoms with Gasteiger partial charge < -0.3 is 0 Å². The smallest absolute Gasteiger partial charge is 0.237 e. The van der Waals surface area contributed by atoms with Crippen molar-refractivity contribution in [1.29, 1.82) is 0 Å². The molecule has 132 valence electrons. The Morgan fingerprint density at radius 1 is 0.885 bits per heavy atom. The average molecular weight is 416 g/mol. The van der Waals surface area contributed by atoms with Gasteiger partial charge in [-0.15, -0.1) is 0 Å². The zero-order valence-electron chi connectivity index (χ0n) is 12.8. The lowest BCUT2D eigenvalue weighted by Gasteiger charge is -2.12. The van der Waals surface area contributed by atoms with Gasteiger partial charge in [-0.05, 0) is 48.4 Å². The fraction of sp³-hybridized carbons (Fsp3) is 0.0556. The summed E-state index contributed by atoms with van der Waals surface area (Å²) >= 11 is 17.8. The molecular weight excluding hydrogens is 408 g/mol. The molecule has 3 rings (SSSR count). The molecule has 1 heterocycles. The van der Waals surface area contributed by atoms with Crippen molar-refractivity contribution in [2.24, 2.45) is 0 Å². The van der Waals surface area contributed by atoms with Gasteiger partial charge in [-0.1, -0.05) is 40.7 Å². The summed E-state index contributed by atoms with van der Waals surface area (Å²) in [5.41, 5.74) is 0.383. The summed E-state index contributed by atoms with van der Waals surface area (Å²) in [6.07, 6.45) is -3.02. The molecule has 3 aromatic rings. The van der Waals surface area contributed by atoms with Gasteiger partial charge in [-0.2, -0.15) is 18.3 Å². The highest BCUT2D eigenvalue weighted by molar-refractivity contribution is 6.37. The Hall–Kier alpha value is -2.13. The minimum Gasteiger partial charge on any atom is -0.237 e. The second kappa shape index (κ2) is 7.24. The van der Waals surface area contributed by atoms with Gasteiger partial charge in [0, 0.05) is 16.8 Å². The Bertz CT molecular complexity index is 990.